The maximum atomic E-state index is 13.0. The Balaban J connectivity index is 1.54. The molecule has 2 aliphatic carbocycles. The first-order valence-electron chi connectivity index (χ1n) is 10.4. The largest absolute Gasteiger partial charge is 0.391 e. The van der Waals surface area contributed by atoms with Gasteiger partial charge in [0.2, 0.25) is 5.91 Å². The minimum atomic E-state index is -4.17. The normalized spacial score (nSPS) is 36.4. The second kappa shape index (κ2) is 8.50. The SMILES string of the molecule is CC1CCC(C(=O)NC2CCCC(C(F)(F)F)C2)CC1N1CCC(=O)CC1. The Hall–Kier alpha value is -1.11. The van der Waals surface area contributed by atoms with E-state index < -0.39 is 12.1 Å². The summed E-state index contributed by atoms with van der Waals surface area (Å²) in [5.41, 5.74) is 0. The zero-order chi connectivity index (χ0) is 19.6. The van der Waals surface area contributed by atoms with Crippen LogP contribution in [0.3, 0.4) is 0 Å². The zero-order valence-corrected chi connectivity index (χ0v) is 16.1. The van der Waals surface area contributed by atoms with Gasteiger partial charge < -0.3 is 5.32 Å². The van der Waals surface area contributed by atoms with Gasteiger partial charge in [-0.15, -0.1) is 0 Å². The van der Waals surface area contributed by atoms with E-state index in [9.17, 15) is 22.8 Å². The summed E-state index contributed by atoms with van der Waals surface area (Å²) in [5, 5.41) is 2.92. The number of alkyl halides is 3. The predicted octanol–water partition coefficient (Wildman–Crippen LogP) is 3.69. The van der Waals surface area contributed by atoms with Crippen molar-refractivity contribution < 1.29 is 22.8 Å². The third-order valence-electron chi connectivity index (χ3n) is 6.83. The molecule has 1 heterocycles. The van der Waals surface area contributed by atoms with Crippen LogP contribution in [-0.4, -0.2) is 47.9 Å². The summed E-state index contributed by atoms with van der Waals surface area (Å²) in [7, 11) is 0. The standard InChI is InChI=1S/C20H31F3N2O2/c1-13-5-6-14(11-18(13)25-9-7-17(26)8-10-25)19(27)24-16-4-2-3-15(12-16)20(21,22)23/h13-16,18H,2-12H2,1H3,(H,24,27). The lowest BCUT2D eigenvalue weighted by Gasteiger charge is -2.43. The van der Waals surface area contributed by atoms with Gasteiger partial charge >= 0.3 is 6.18 Å². The number of carbonyl (C=O) groups is 2. The molecule has 4 nitrogen and oxygen atoms in total. The number of halogens is 3. The lowest BCUT2D eigenvalue weighted by atomic mass is 9.77. The summed E-state index contributed by atoms with van der Waals surface area (Å²) in [6.45, 7) is 3.72. The van der Waals surface area contributed by atoms with Crippen molar-refractivity contribution in [3.05, 3.63) is 0 Å². The summed E-state index contributed by atoms with van der Waals surface area (Å²) < 4.78 is 39.0. The second-order valence-corrected chi connectivity index (χ2v) is 8.74. The van der Waals surface area contributed by atoms with Gasteiger partial charge in [0.15, 0.2) is 0 Å². The van der Waals surface area contributed by atoms with Gasteiger partial charge in [0.25, 0.3) is 0 Å². The number of likely N-dealkylation sites (tertiary alicyclic amines) is 1. The van der Waals surface area contributed by atoms with Crippen molar-refractivity contribution in [1.29, 1.82) is 0 Å². The van der Waals surface area contributed by atoms with Crippen molar-refractivity contribution in [3.63, 3.8) is 0 Å². The summed E-state index contributed by atoms with van der Waals surface area (Å²) >= 11 is 0. The highest BCUT2D eigenvalue weighted by Gasteiger charge is 2.43. The van der Waals surface area contributed by atoms with Crippen LogP contribution in [0.5, 0.6) is 0 Å². The van der Waals surface area contributed by atoms with E-state index in [0.717, 1.165) is 32.4 Å². The van der Waals surface area contributed by atoms with Crippen LogP contribution in [0, 0.1) is 17.8 Å². The van der Waals surface area contributed by atoms with Gasteiger partial charge in [-0.1, -0.05) is 13.3 Å². The molecule has 0 bridgehead atoms. The molecule has 0 aromatic rings. The highest BCUT2D eigenvalue weighted by Crippen LogP contribution is 2.38. The van der Waals surface area contributed by atoms with Gasteiger partial charge in [-0.25, -0.2) is 0 Å². The Morgan fingerprint density at radius 1 is 1.07 bits per heavy atom. The van der Waals surface area contributed by atoms with E-state index in [-0.39, 0.29) is 36.8 Å². The van der Waals surface area contributed by atoms with Crippen molar-refractivity contribution in [3.8, 4) is 0 Å². The van der Waals surface area contributed by atoms with Crippen LogP contribution in [0.2, 0.25) is 0 Å². The first-order chi connectivity index (χ1) is 12.7. The number of hydrogen-bond acceptors (Lipinski definition) is 3. The molecule has 7 heteroatoms. The second-order valence-electron chi connectivity index (χ2n) is 8.74. The van der Waals surface area contributed by atoms with Crippen molar-refractivity contribution in [2.24, 2.45) is 17.8 Å². The molecular formula is C20H31F3N2O2. The number of rotatable bonds is 3. The van der Waals surface area contributed by atoms with Gasteiger partial charge in [0, 0.05) is 43.9 Å². The van der Waals surface area contributed by atoms with Gasteiger partial charge in [0.05, 0.1) is 5.92 Å². The average Bonchev–Trinajstić information content (AvgIpc) is 2.62. The molecule has 0 aromatic carbocycles. The maximum absolute atomic E-state index is 13.0. The number of amides is 1. The summed E-state index contributed by atoms with van der Waals surface area (Å²) in [6.07, 6.45) is 0.830. The quantitative estimate of drug-likeness (QED) is 0.802. The van der Waals surface area contributed by atoms with Crippen LogP contribution in [0.15, 0.2) is 0 Å². The number of nitrogens with zero attached hydrogens (tertiary/aromatic N) is 1. The molecule has 5 atom stereocenters. The van der Waals surface area contributed by atoms with Crippen molar-refractivity contribution in [2.75, 3.05) is 13.1 Å². The average molecular weight is 388 g/mol. The Bertz CT molecular complexity index is 542. The number of nitrogens with one attached hydrogen (secondary N) is 1. The van der Waals surface area contributed by atoms with Crippen LogP contribution >= 0.6 is 0 Å². The monoisotopic (exact) mass is 388 g/mol. The van der Waals surface area contributed by atoms with Gasteiger partial charge in [-0.2, -0.15) is 13.2 Å². The maximum Gasteiger partial charge on any atom is 0.391 e. The molecular weight excluding hydrogens is 357 g/mol. The molecule has 2 saturated carbocycles. The number of carbonyl (C=O) groups excluding carboxylic acids is 2. The first-order valence-corrected chi connectivity index (χ1v) is 10.4. The summed E-state index contributed by atoms with van der Waals surface area (Å²) in [4.78, 5) is 26.6. The predicted molar refractivity (Wildman–Crippen MR) is 96.1 cm³/mol. The van der Waals surface area contributed by atoms with Crippen LogP contribution in [-0.2, 0) is 9.59 Å². The van der Waals surface area contributed by atoms with Gasteiger partial charge in [-0.3, -0.25) is 14.5 Å². The number of ketones is 1. The first kappa shape index (κ1) is 20.6. The van der Waals surface area contributed by atoms with E-state index >= 15 is 0 Å². The van der Waals surface area contributed by atoms with Crippen molar-refractivity contribution in [2.45, 2.75) is 83.0 Å². The molecule has 0 aromatic heterocycles. The van der Waals surface area contributed by atoms with Crippen molar-refractivity contribution >= 4 is 11.7 Å². The highest BCUT2D eigenvalue weighted by atomic mass is 19.4. The topological polar surface area (TPSA) is 49.4 Å². The molecule has 1 saturated heterocycles. The summed E-state index contributed by atoms with van der Waals surface area (Å²) in [5.74, 6) is -0.712. The van der Waals surface area contributed by atoms with E-state index in [1.807, 2.05) is 0 Å². The Morgan fingerprint density at radius 2 is 1.78 bits per heavy atom. The molecule has 0 spiro atoms. The fourth-order valence-corrected chi connectivity index (χ4v) is 5.09. The number of Topliss-reactive ketones (excluding diaryl/α,β-unsaturated/α-hetero) is 1. The van der Waals surface area contributed by atoms with Crippen molar-refractivity contribution in [1.82, 2.24) is 10.2 Å². The highest BCUT2D eigenvalue weighted by molar-refractivity contribution is 5.80. The van der Waals surface area contributed by atoms with Crippen LogP contribution < -0.4 is 5.32 Å². The fraction of sp³-hybridized carbons (Fsp3) is 0.900. The molecule has 3 rings (SSSR count). The third kappa shape index (κ3) is 5.24. The van der Waals surface area contributed by atoms with E-state index in [1.165, 1.54) is 0 Å². The molecule has 154 valence electrons. The third-order valence-corrected chi connectivity index (χ3v) is 6.83. The Kier molecular flexibility index (Phi) is 6.49. The molecule has 3 fully saturated rings. The summed E-state index contributed by atoms with van der Waals surface area (Å²) in [6, 6.07) is -0.0693. The van der Waals surface area contributed by atoms with E-state index in [4.69, 9.17) is 0 Å². The minimum absolute atomic E-state index is 0.00995. The molecule has 5 unspecified atom stereocenters. The van der Waals surface area contributed by atoms with Crippen LogP contribution in [0.25, 0.3) is 0 Å². The zero-order valence-electron chi connectivity index (χ0n) is 16.1. The van der Waals surface area contributed by atoms with E-state index in [1.54, 1.807) is 0 Å². The van der Waals surface area contributed by atoms with Gasteiger partial charge in [0.1, 0.15) is 5.78 Å². The van der Waals surface area contributed by atoms with Crippen LogP contribution in [0.4, 0.5) is 13.2 Å². The fourth-order valence-electron chi connectivity index (χ4n) is 5.09. The Labute approximate surface area is 159 Å². The van der Waals surface area contributed by atoms with E-state index in [2.05, 4.69) is 17.1 Å². The van der Waals surface area contributed by atoms with Gasteiger partial charge in [-0.05, 0) is 44.4 Å². The van der Waals surface area contributed by atoms with Crippen LogP contribution in [0.1, 0.15) is 64.7 Å². The lowest BCUT2D eigenvalue weighted by Crippen LogP contribution is -2.50. The molecule has 1 aliphatic heterocycles. The van der Waals surface area contributed by atoms with E-state index in [0.29, 0.717) is 37.4 Å². The molecule has 27 heavy (non-hydrogen) atoms. The molecule has 1 N–H and O–H groups in total. The number of hydrogen-bond donors (Lipinski definition) is 1. The lowest BCUT2D eigenvalue weighted by molar-refractivity contribution is -0.184. The minimum Gasteiger partial charge on any atom is -0.353 e. The smallest absolute Gasteiger partial charge is 0.353 e. The molecule has 0 radical (unpaired) electrons. The number of piperidine rings is 1. The molecule has 3 aliphatic rings. The molecule has 1 amide bonds. The Morgan fingerprint density at radius 3 is 2.44 bits per heavy atom.